The van der Waals surface area contributed by atoms with Gasteiger partial charge in [0.15, 0.2) is 34.7 Å². The highest BCUT2D eigenvalue weighted by molar-refractivity contribution is 6.12. The van der Waals surface area contributed by atoms with Gasteiger partial charge in [0.05, 0.1) is 22.3 Å². The maximum Gasteiger partial charge on any atom is 0.198 e. The van der Waals surface area contributed by atoms with Crippen LogP contribution in [0.25, 0.3) is 0 Å². The summed E-state index contributed by atoms with van der Waals surface area (Å²) in [7, 11) is 0. The first kappa shape index (κ1) is 71.3. The van der Waals surface area contributed by atoms with Crippen molar-refractivity contribution in [2.75, 3.05) is 0 Å². The van der Waals surface area contributed by atoms with Crippen molar-refractivity contribution in [1.29, 1.82) is 0 Å². The molecule has 12 aromatic carbocycles. The number of carbonyl (C=O) groups excluding carboxylic acids is 6. The molecular formula is C78H48F12O6. The van der Waals surface area contributed by atoms with Crippen molar-refractivity contribution in [1.82, 2.24) is 0 Å². The van der Waals surface area contributed by atoms with Gasteiger partial charge in [-0.15, -0.1) is 0 Å². The average Bonchev–Trinajstić information content (AvgIpc) is 1.20. The second-order valence-corrected chi connectivity index (χ2v) is 20.0. The van der Waals surface area contributed by atoms with Gasteiger partial charge in [0.2, 0.25) is 0 Å². The van der Waals surface area contributed by atoms with Crippen molar-refractivity contribution in [3.63, 3.8) is 0 Å². The summed E-state index contributed by atoms with van der Waals surface area (Å²) in [5.41, 5.74) is 1.91. The van der Waals surface area contributed by atoms with Gasteiger partial charge in [-0.1, -0.05) is 97.1 Å². The molecule has 0 aliphatic rings. The molecular weight excluding hydrogens is 1260 g/mol. The fourth-order valence-corrected chi connectivity index (χ4v) is 8.46. The highest BCUT2D eigenvalue weighted by Gasteiger charge is 2.18. The molecule has 0 heterocycles. The quantitative estimate of drug-likeness (QED) is 0.0892. The first-order valence-corrected chi connectivity index (χ1v) is 28.4. The Kier molecular flexibility index (Phi) is 26.0. The van der Waals surface area contributed by atoms with E-state index in [2.05, 4.69) is 0 Å². The monoisotopic (exact) mass is 1310 g/mol. The maximum absolute atomic E-state index is 13.3. The second kappa shape index (κ2) is 35.0. The molecule has 0 bridgehead atoms. The topological polar surface area (TPSA) is 102 Å². The second-order valence-electron chi connectivity index (χ2n) is 20.0. The molecule has 0 fully saturated rings. The molecule has 480 valence electrons. The van der Waals surface area contributed by atoms with E-state index in [0.717, 1.165) is 24.3 Å². The van der Waals surface area contributed by atoms with Gasteiger partial charge >= 0.3 is 0 Å². The summed E-state index contributed by atoms with van der Waals surface area (Å²) in [4.78, 5) is 70.9. The number of hydrogen-bond donors (Lipinski definition) is 0. The summed E-state index contributed by atoms with van der Waals surface area (Å²) in [6.07, 6.45) is 0. The molecule has 96 heavy (non-hydrogen) atoms. The summed E-state index contributed by atoms with van der Waals surface area (Å²) in [6, 6.07) is 64.4. The van der Waals surface area contributed by atoms with Gasteiger partial charge in [0.25, 0.3) is 0 Å². The highest BCUT2D eigenvalue weighted by atomic mass is 19.2. The van der Waals surface area contributed by atoms with E-state index in [9.17, 15) is 81.5 Å². The molecule has 6 nitrogen and oxygen atoms in total. The van der Waals surface area contributed by atoms with Crippen molar-refractivity contribution < 1.29 is 81.5 Å². The molecule has 0 N–H and O–H groups in total. The van der Waals surface area contributed by atoms with Gasteiger partial charge < -0.3 is 0 Å². The van der Waals surface area contributed by atoms with Crippen molar-refractivity contribution in [3.8, 4) is 0 Å². The van der Waals surface area contributed by atoms with Crippen molar-refractivity contribution in [3.05, 3.63) is 428 Å². The van der Waals surface area contributed by atoms with E-state index < -0.39 is 87.2 Å². The van der Waals surface area contributed by atoms with Crippen LogP contribution in [-0.4, -0.2) is 34.7 Å². The van der Waals surface area contributed by atoms with Crippen LogP contribution in [0.5, 0.6) is 0 Å². The van der Waals surface area contributed by atoms with Gasteiger partial charge in [0.1, 0.15) is 69.8 Å². The number of halogens is 12. The van der Waals surface area contributed by atoms with E-state index in [4.69, 9.17) is 0 Å². The Bertz CT molecular complexity index is 4530. The SMILES string of the molecule is O=C(c1ccc(F)cc1)c1ccc(F)cc1.O=C(c1ccc(F)cc1)c1cccc(F)c1.O=C(c1ccc(F)cc1)c1ccccc1F.O=C(c1cccc(F)c1)c1cccc(F)c1.O=C(c1cccc(F)c1)c1ccccc1F.O=C(c1ccccc1F)c1ccccc1F. The standard InChI is InChI=1S/6C13H8F2O/c14-11-5-1-9(2-6-11)13(16)10-3-7-12(15)8-4-10;14-11-5-1-3-9(7-11)13(16)10-4-2-6-12(15)8-10;14-11-7-3-1-5-9(11)13(16)10-6-2-4-8-12(10)15;14-10-5-3-4-9(8-10)13(16)11-6-1-2-7-12(11)15;14-11-6-4-9(5-7-11)13(16)10-2-1-3-12(15)8-10;14-10-7-5-9(6-8-10)13(16)11-3-1-2-4-12(11)15/h6*1-8H. The molecule has 12 aromatic rings. The third-order valence-electron chi connectivity index (χ3n) is 13.2. The Hall–Kier alpha value is -12.2. The third kappa shape index (κ3) is 20.9. The van der Waals surface area contributed by atoms with E-state index in [1.807, 2.05) is 0 Å². The number of hydrogen-bond acceptors (Lipinski definition) is 6. The minimum absolute atomic E-state index is 0.00546. The first-order valence-electron chi connectivity index (χ1n) is 28.4. The smallest absolute Gasteiger partial charge is 0.198 e. The largest absolute Gasteiger partial charge is 0.289 e. The van der Waals surface area contributed by atoms with Crippen LogP contribution in [-0.2, 0) is 0 Å². The molecule has 0 aliphatic heterocycles. The molecule has 0 aromatic heterocycles. The summed E-state index contributed by atoms with van der Waals surface area (Å²) in [5.74, 6) is -8.59. The van der Waals surface area contributed by atoms with Crippen LogP contribution >= 0.6 is 0 Å². The molecule has 0 atom stereocenters. The fourth-order valence-electron chi connectivity index (χ4n) is 8.46. The Labute approximate surface area is 541 Å². The molecule has 12 rings (SSSR count). The zero-order valence-electron chi connectivity index (χ0n) is 49.7. The Morgan fingerprint density at radius 1 is 0.156 bits per heavy atom. The van der Waals surface area contributed by atoms with E-state index in [1.54, 1.807) is 12.1 Å². The average molecular weight is 1310 g/mol. The molecule has 0 amide bonds. The van der Waals surface area contributed by atoms with Crippen LogP contribution in [0.4, 0.5) is 52.7 Å². The summed E-state index contributed by atoms with van der Waals surface area (Å²) in [6.45, 7) is 0. The van der Waals surface area contributed by atoms with E-state index in [-0.39, 0.29) is 67.4 Å². The van der Waals surface area contributed by atoms with E-state index in [1.165, 1.54) is 255 Å². The van der Waals surface area contributed by atoms with E-state index >= 15 is 0 Å². The van der Waals surface area contributed by atoms with E-state index in [0.29, 0.717) is 16.7 Å². The fraction of sp³-hybridized carbons (Fsp3) is 0. The first-order chi connectivity index (χ1) is 46.1. The molecule has 0 saturated carbocycles. The van der Waals surface area contributed by atoms with Crippen molar-refractivity contribution in [2.45, 2.75) is 0 Å². The lowest BCUT2D eigenvalue weighted by molar-refractivity contribution is 0.102. The Morgan fingerprint density at radius 2 is 0.344 bits per heavy atom. The lowest BCUT2D eigenvalue weighted by Crippen LogP contribution is -2.06. The zero-order valence-corrected chi connectivity index (χ0v) is 49.7. The molecule has 0 unspecified atom stereocenters. The predicted molar refractivity (Wildman–Crippen MR) is 337 cm³/mol. The minimum atomic E-state index is -0.643. The van der Waals surface area contributed by atoms with Crippen LogP contribution in [0, 0.1) is 69.8 Å². The molecule has 0 spiro atoms. The lowest BCUT2D eigenvalue weighted by Gasteiger charge is -2.03. The molecule has 0 saturated heterocycles. The van der Waals surface area contributed by atoms with Gasteiger partial charge in [-0.3, -0.25) is 28.8 Å². The highest BCUT2D eigenvalue weighted by Crippen LogP contribution is 2.20. The summed E-state index contributed by atoms with van der Waals surface area (Å²) >= 11 is 0. The van der Waals surface area contributed by atoms with Crippen LogP contribution in [0.3, 0.4) is 0 Å². The Morgan fingerprint density at radius 3 is 0.583 bits per heavy atom. The predicted octanol–water partition coefficient (Wildman–Crippen LogP) is 19.2. The molecule has 18 heteroatoms. The third-order valence-corrected chi connectivity index (χ3v) is 13.2. The van der Waals surface area contributed by atoms with Crippen molar-refractivity contribution in [2.24, 2.45) is 0 Å². The zero-order chi connectivity index (χ0) is 69.3. The number of benzene rings is 12. The van der Waals surface area contributed by atoms with Crippen LogP contribution in [0.15, 0.2) is 291 Å². The van der Waals surface area contributed by atoms with Gasteiger partial charge in [0, 0.05) is 44.5 Å². The van der Waals surface area contributed by atoms with Gasteiger partial charge in [-0.2, -0.15) is 0 Å². The Balaban J connectivity index is 0.000000163. The molecule has 0 aliphatic carbocycles. The molecule has 0 radical (unpaired) electrons. The minimum Gasteiger partial charge on any atom is -0.289 e. The normalized spacial score (nSPS) is 10.1. The number of rotatable bonds is 12. The van der Waals surface area contributed by atoms with Crippen LogP contribution in [0.2, 0.25) is 0 Å². The summed E-state index contributed by atoms with van der Waals surface area (Å²) in [5, 5.41) is 0. The van der Waals surface area contributed by atoms with Crippen LogP contribution < -0.4 is 0 Å². The maximum atomic E-state index is 13.3. The lowest BCUT2D eigenvalue weighted by atomic mass is 10.0. The van der Waals surface area contributed by atoms with Gasteiger partial charge in [-0.25, -0.2) is 52.7 Å². The van der Waals surface area contributed by atoms with Gasteiger partial charge in [-0.05, 0) is 194 Å². The van der Waals surface area contributed by atoms with Crippen molar-refractivity contribution >= 4 is 34.7 Å². The number of carbonyl (C=O) groups is 6. The number of ketones is 6. The summed E-state index contributed by atoms with van der Waals surface area (Å²) < 4.78 is 155. The van der Waals surface area contributed by atoms with Crippen LogP contribution in [0.1, 0.15) is 95.5 Å².